The van der Waals surface area contributed by atoms with Crippen LogP contribution in [-0.4, -0.2) is 63.7 Å². The molecule has 3 heterocycles. The summed E-state index contributed by atoms with van der Waals surface area (Å²) in [6.07, 6.45) is 4.87. The lowest BCUT2D eigenvalue weighted by Gasteiger charge is -2.34. The van der Waals surface area contributed by atoms with E-state index in [1.807, 2.05) is 11.6 Å². The average molecular weight is 322 g/mol. The number of sulfonamides is 1. The number of nitrogens with zero attached hydrogens (tertiary/aromatic N) is 6. The summed E-state index contributed by atoms with van der Waals surface area (Å²) >= 11 is 0. The van der Waals surface area contributed by atoms with E-state index < -0.39 is 10.0 Å². The molecular formula is C13H18N6O2S. The Morgan fingerprint density at radius 3 is 2.50 bits per heavy atom. The Hall–Kier alpha value is -1.74. The van der Waals surface area contributed by atoms with Crippen LogP contribution in [0.1, 0.15) is 12.8 Å². The summed E-state index contributed by atoms with van der Waals surface area (Å²) in [4.78, 5) is 15.0. The van der Waals surface area contributed by atoms with E-state index in [2.05, 4.69) is 19.9 Å². The molecule has 0 N–H and O–H groups in total. The number of imidazole rings is 1. The van der Waals surface area contributed by atoms with Gasteiger partial charge in [0, 0.05) is 33.2 Å². The zero-order chi connectivity index (χ0) is 15.3. The maximum Gasteiger partial charge on any atom is 0.217 e. The van der Waals surface area contributed by atoms with Crippen molar-refractivity contribution in [3.63, 3.8) is 0 Å². The molecular weight excluding hydrogens is 304 g/mol. The van der Waals surface area contributed by atoms with E-state index in [0.29, 0.717) is 26.2 Å². The molecule has 118 valence electrons. The average Bonchev–Trinajstić information content (AvgIpc) is 3.33. The Kier molecular flexibility index (Phi) is 3.08. The lowest BCUT2D eigenvalue weighted by atomic mass is 10.3. The molecule has 0 unspecified atom stereocenters. The summed E-state index contributed by atoms with van der Waals surface area (Å²) in [5.74, 6) is 0.786. The molecule has 1 saturated carbocycles. The maximum atomic E-state index is 12.3. The first-order valence-electron chi connectivity index (χ1n) is 7.43. The van der Waals surface area contributed by atoms with Crippen molar-refractivity contribution in [3.05, 3.63) is 12.7 Å². The van der Waals surface area contributed by atoms with Crippen LogP contribution in [0.3, 0.4) is 0 Å². The minimum atomic E-state index is -3.08. The first-order valence-corrected chi connectivity index (χ1v) is 8.93. The van der Waals surface area contributed by atoms with E-state index in [-0.39, 0.29) is 5.25 Å². The zero-order valence-corrected chi connectivity index (χ0v) is 13.2. The minimum Gasteiger partial charge on any atom is -0.352 e. The molecule has 0 amide bonds. The quantitative estimate of drug-likeness (QED) is 0.789. The van der Waals surface area contributed by atoms with Gasteiger partial charge in [0.25, 0.3) is 0 Å². The van der Waals surface area contributed by atoms with E-state index >= 15 is 0 Å². The molecule has 4 rings (SSSR count). The molecule has 0 spiro atoms. The van der Waals surface area contributed by atoms with Crippen LogP contribution in [0.5, 0.6) is 0 Å². The smallest absolute Gasteiger partial charge is 0.217 e. The number of piperazine rings is 1. The van der Waals surface area contributed by atoms with Crippen molar-refractivity contribution in [2.24, 2.45) is 7.05 Å². The van der Waals surface area contributed by atoms with Gasteiger partial charge in [-0.1, -0.05) is 0 Å². The molecule has 0 bridgehead atoms. The second kappa shape index (κ2) is 4.88. The molecule has 2 aliphatic rings. The standard InChI is InChI=1S/C13H18N6O2S/c1-17-9-16-11-12(17)14-8-15-13(11)18-4-6-19(7-5-18)22(20,21)10-2-3-10/h8-10H,2-7H2,1H3. The van der Waals surface area contributed by atoms with Crippen molar-refractivity contribution < 1.29 is 8.42 Å². The highest BCUT2D eigenvalue weighted by Gasteiger charge is 2.41. The highest BCUT2D eigenvalue weighted by molar-refractivity contribution is 7.90. The molecule has 1 aliphatic heterocycles. The van der Waals surface area contributed by atoms with Crippen molar-refractivity contribution in [1.29, 1.82) is 0 Å². The molecule has 0 atom stereocenters. The third-order valence-corrected chi connectivity index (χ3v) is 6.72. The van der Waals surface area contributed by atoms with Crippen molar-refractivity contribution in [2.45, 2.75) is 18.1 Å². The number of anilines is 1. The van der Waals surface area contributed by atoms with Crippen LogP contribution in [0, 0.1) is 0 Å². The van der Waals surface area contributed by atoms with Crippen molar-refractivity contribution in [3.8, 4) is 0 Å². The van der Waals surface area contributed by atoms with Crippen LogP contribution in [-0.2, 0) is 17.1 Å². The number of aromatic nitrogens is 4. The zero-order valence-electron chi connectivity index (χ0n) is 12.4. The summed E-state index contributed by atoms with van der Waals surface area (Å²) in [5.41, 5.74) is 1.56. The van der Waals surface area contributed by atoms with Gasteiger partial charge in [-0.25, -0.2) is 23.4 Å². The molecule has 2 aromatic heterocycles. The highest BCUT2D eigenvalue weighted by Crippen LogP contribution is 2.32. The predicted molar refractivity (Wildman–Crippen MR) is 82.0 cm³/mol. The molecule has 0 aromatic carbocycles. The lowest BCUT2D eigenvalue weighted by Crippen LogP contribution is -2.49. The van der Waals surface area contributed by atoms with E-state index in [4.69, 9.17) is 0 Å². The molecule has 0 radical (unpaired) electrons. The van der Waals surface area contributed by atoms with Crippen LogP contribution in [0.2, 0.25) is 0 Å². The molecule has 2 fully saturated rings. The Morgan fingerprint density at radius 1 is 1.09 bits per heavy atom. The van der Waals surface area contributed by atoms with Gasteiger partial charge in [-0.3, -0.25) is 0 Å². The monoisotopic (exact) mass is 322 g/mol. The van der Waals surface area contributed by atoms with Crippen LogP contribution in [0.4, 0.5) is 5.82 Å². The Bertz CT molecular complexity index is 805. The number of rotatable bonds is 3. The molecule has 1 saturated heterocycles. The highest BCUT2D eigenvalue weighted by atomic mass is 32.2. The maximum absolute atomic E-state index is 12.3. The molecule has 8 nitrogen and oxygen atoms in total. The molecule has 9 heteroatoms. The van der Waals surface area contributed by atoms with Crippen LogP contribution < -0.4 is 4.90 Å². The Labute approximate surface area is 128 Å². The van der Waals surface area contributed by atoms with E-state index in [1.54, 1.807) is 10.6 Å². The fourth-order valence-corrected chi connectivity index (χ4v) is 4.72. The topological polar surface area (TPSA) is 84.2 Å². The van der Waals surface area contributed by atoms with E-state index in [9.17, 15) is 8.42 Å². The third kappa shape index (κ3) is 2.15. The second-order valence-electron chi connectivity index (χ2n) is 5.86. The summed E-state index contributed by atoms with van der Waals surface area (Å²) in [6.45, 7) is 2.29. The van der Waals surface area contributed by atoms with Crippen LogP contribution in [0.15, 0.2) is 12.7 Å². The minimum absolute atomic E-state index is 0.138. The van der Waals surface area contributed by atoms with Gasteiger partial charge in [0.05, 0.1) is 11.6 Å². The summed E-state index contributed by atoms with van der Waals surface area (Å²) in [5, 5.41) is -0.138. The SMILES string of the molecule is Cn1cnc2c(N3CCN(S(=O)(=O)C4CC4)CC3)ncnc21. The molecule has 2 aromatic rings. The van der Waals surface area contributed by atoms with Crippen LogP contribution in [0.25, 0.3) is 11.2 Å². The van der Waals surface area contributed by atoms with Crippen molar-refractivity contribution >= 4 is 27.0 Å². The number of fused-ring (bicyclic) bond motifs is 1. The van der Waals surface area contributed by atoms with Crippen LogP contribution >= 0.6 is 0 Å². The van der Waals surface area contributed by atoms with E-state index in [0.717, 1.165) is 29.8 Å². The Balaban J connectivity index is 1.56. The number of aryl methyl sites for hydroxylation is 1. The van der Waals surface area contributed by atoms with Gasteiger partial charge in [0.2, 0.25) is 10.0 Å². The normalized spacial score (nSPS) is 20.7. The van der Waals surface area contributed by atoms with Crippen molar-refractivity contribution in [2.75, 3.05) is 31.1 Å². The number of hydrogen-bond acceptors (Lipinski definition) is 6. The Morgan fingerprint density at radius 2 is 1.82 bits per heavy atom. The fraction of sp³-hybridized carbons (Fsp3) is 0.615. The van der Waals surface area contributed by atoms with Gasteiger partial charge >= 0.3 is 0 Å². The third-order valence-electron chi connectivity index (χ3n) is 4.32. The van der Waals surface area contributed by atoms with Gasteiger partial charge < -0.3 is 9.47 Å². The van der Waals surface area contributed by atoms with Gasteiger partial charge in [-0.2, -0.15) is 4.31 Å². The van der Waals surface area contributed by atoms with E-state index in [1.165, 1.54) is 6.33 Å². The summed E-state index contributed by atoms with van der Waals surface area (Å²) in [6, 6.07) is 0. The summed E-state index contributed by atoms with van der Waals surface area (Å²) in [7, 11) is -1.18. The van der Waals surface area contributed by atoms with Gasteiger partial charge in [0.1, 0.15) is 6.33 Å². The van der Waals surface area contributed by atoms with Gasteiger partial charge in [-0.15, -0.1) is 0 Å². The number of hydrogen-bond donors (Lipinski definition) is 0. The van der Waals surface area contributed by atoms with Gasteiger partial charge in [0.15, 0.2) is 17.0 Å². The second-order valence-corrected chi connectivity index (χ2v) is 8.07. The molecule has 22 heavy (non-hydrogen) atoms. The fourth-order valence-electron chi connectivity index (χ4n) is 2.90. The summed E-state index contributed by atoms with van der Waals surface area (Å²) < 4.78 is 28.0. The first-order chi connectivity index (χ1) is 10.6. The van der Waals surface area contributed by atoms with Crippen molar-refractivity contribution in [1.82, 2.24) is 23.8 Å². The van der Waals surface area contributed by atoms with Gasteiger partial charge in [-0.05, 0) is 12.8 Å². The largest absolute Gasteiger partial charge is 0.352 e. The lowest BCUT2D eigenvalue weighted by molar-refractivity contribution is 0.383. The predicted octanol–water partition coefficient (Wildman–Crippen LogP) is -0.0225. The molecule has 1 aliphatic carbocycles. The first kappa shape index (κ1) is 13.9.